The molecular formula is C12H19N3. The second-order valence-corrected chi connectivity index (χ2v) is 4.51. The van der Waals surface area contributed by atoms with Crippen LogP contribution in [-0.4, -0.2) is 9.97 Å². The van der Waals surface area contributed by atoms with E-state index in [-0.39, 0.29) is 6.04 Å². The van der Waals surface area contributed by atoms with Crippen molar-refractivity contribution in [1.82, 2.24) is 9.97 Å². The molecule has 1 atom stereocenters. The summed E-state index contributed by atoms with van der Waals surface area (Å²) in [6.45, 7) is 1.95. The van der Waals surface area contributed by atoms with Crippen LogP contribution in [0, 0.1) is 12.8 Å². The van der Waals surface area contributed by atoms with E-state index in [0.717, 1.165) is 11.4 Å². The maximum atomic E-state index is 6.22. The molecule has 0 spiro atoms. The van der Waals surface area contributed by atoms with Gasteiger partial charge in [0.2, 0.25) is 0 Å². The van der Waals surface area contributed by atoms with Crippen LogP contribution in [-0.2, 0) is 0 Å². The van der Waals surface area contributed by atoms with Crippen molar-refractivity contribution in [2.24, 2.45) is 11.7 Å². The molecule has 0 bridgehead atoms. The molecule has 0 aromatic carbocycles. The molecule has 0 aliphatic heterocycles. The second-order valence-electron chi connectivity index (χ2n) is 4.51. The van der Waals surface area contributed by atoms with Gasteiger partial charge in [-0.2, -0.15) is 0 Å². The lowest BCUT2D eigenvalue weighted by Gasteiger charge is -2.26. The Morgan fingerprint density at radius 1 is 1.20 bits per heavy atom. The van der Waals surface area contributed by atoms with E-state index < -0.39 is 0 Å². The van der Waals surface area contributed by atoms with E-state index >= 15 is 0 Å². The Kier molecular flexibility index (Phi) is 3.31. The molecule has 1 aromatic rings. The molecule has 1 unspecified atom stereocenters. The van der Waals surface area contributed by atoms with Crippen molar-refractivity contribution in [2.75, 3.05) is 0 Å². The monoisotopic (exact) mass is 205 g/mol. The van der Waals surface area contributed by atoms with Gasteiger partial charge in [-0.15, -0.1) is 0 Å². The summed E-state index contributed by atoms with van der Waals surface area (Å²) in [7, 11) is 0. The smallest absolute Gasteiger partial charge is 0.0756 e. The number of nitrogens with two attached hydrogens (primary N) is 1. The fourth-order valence-corrected chi connectivity index (χ4v) is 2.31. The summed E-state index contributed by atoms with van der Waals surface area (Å²) in [5.41, 5.74) is 8.12. The van der Waals surface area contributed by atoms with Crippen molar-refractivity contribution in [3.63, 3.8) is 0 Å². The molecule has 1 saturated carbocycles. The molecule has 1 fully saturated rings. The minimum Gasteiger partial charge on any atom is -0.322 e. The molecule has 0 radical (unpaired) electrons. The van der Waals surface area contributed by atoms with Crippen molar-refractivity contribution >= 4 is 0 Å². The topological polar surface area (TPSA) is 51.8 Å². The third-order valence-electron chi connectivity index (χ3n) is 3.30. The average molecular weight is 205 g/mol. The van der Waals surface area contributed by atoms with Gasteiger partial charge in [0.1, 0.15) is 0 Å². The van der Waals surface area contributed by atoms with E-state index in [1.807, 2.05) is 13.1 Å². The van der Waals surface area contributed by atoms with E-state index in [1.165, 1.54) is 32.1 Å². The Hall–Kier alpha value is -0.960. The van der Waals surface area contributed by atoms with Crippen LogP contribution in [0.5, 0.6) is 0 Å². The van der Waals surface area contributed by atoms with E-state index in [2.05, 4.69) is 9.97 Å². The standard InChI is InChI=1S/C12H19N3/c1-9-7-15-11(8-14-9)12(13)10-5-3-2-4-6-10/h7-8,10,12H,2-6,13H2,1H3. The van der Waals surface area contributed by atoms with Gasteiger partial charge in [-0.1, -0.05) is 19.3 Å². The molecule has 0 saturated heterocycles. The zero-order valence-electron chi connectivity index (χ0n) is 9.32. The number of aryl methyl sites for hydroxylation is 1. The molecule has 2 rings (SSSR count). The number of nitrogens with zero attached hydrogens (tertiary/aromatic N) is 2. The second kappa shape index (κ2) is 4.71. The summed E-state index contributed by atoms with van der Waals surface area (Å²) in [6, 6.07) is 0.0819. The maximum Gasteiger partial charge on any atom is 0.0756 e. The highest BCUT2D eigenvalue weighted by Crippen LogP contribution is 2.31. The van der Waals surface area contributed by atoms with Gasteiger partial charge in [-0.25, -0.2) is 0 Å². The summed E-state index contributed by atoms with van der Waals surface area (Å²) in [5, 5.41) is 0. The van der Waals surface area contributed by atoms with Crippen LogP contribution in [0.1, 0.15) is 49.5 Å². The van der Waals surface area contributed by atoms with Crippen LogP contribution in [0.2, 0.25) is 0 Å². The van der Waals surface area contributed by atoms with Crippen molar-refractivity contribution < 1.29 is 0 Å². The molecule has 15 heavy (non-hydrogen) atoms. The lowest BCUT2D eigenvalue weighted by Crippen LogP contribution is -2.24. The lowest BCUT2D eigenvalue weighted by molar-refractivity contribution is 0.304. The Balaban J connectivity index is 2.05. The first kappa shape index (κ1) is 10.6. The average Bonchev–Trinajstić information content (AvgIpc) is 2.30. The molecule has 1 aromatic heterocycles. The zero-order chi connectivity index (χ0) is 10.7. The molecule has 1 aliphatic rings. The van der Waals surface area contributed by atoms with Gasteiger partial charge in [0.05, 0.1) is 23.6 Å². The molecular weight excluding hydrogens is 186 g/mol. The van der Waals surface area contributed by atoms with E-state index in [0.29, 0.717) is 5.92 Å². The summed E-state index contributed by atoms with van der Waals surface area (Å²) < 4.78 is 0. The van der Waals surface area contributed by atoms with E-state index in [4.69, 9.17) is 5.73 Å². The number of aromatic nitrogens is 2. The highest BCUT2D eigenvalue weighted by atomic mass is 14.8. The normalized spacial score (nSPS) is 20.1. The van der Waals surface area contributed by atoms with Crippen molar-refractivity contribution in [3.05, 3.63) is 23.8 Å². The Morgan fingerprint density at radius 2 is 1.93 bits per heavy atom. The quantitative estimate of drug-likeness (QED) is 0.806. The third kappa shape index (κ3) is 2.53. The van der Waals surface area contributed by atoms with Crippen LogP contribution < -0.4 is 5.73 Å². The van der Waals surface area contributed by atoms with Crippen LogP contribution in [0.15, 0.2) is 12.4 Å². The summed E-state index contributed by atoms with van der Waals surface area (Å²) in [5.74, 6) is 0.607. The van der Waals surface area contributed by atoms with Gasteiger partial charge >= 0.3 is 0 Å². The first-order chi connectivity index (χ1) is 7.27. The van der Waals surface area contributed by atoms with Crippen molar-refractivity contribution in [3.8, 4) is 0 Å². The Labute approximate surface area is 91.1 Å². The molecule has 3 heteroatoms. The predicted molar refractivity (Wildman–Crippen MR) is 60.3 cm³/mol. The van der Waals surface area contributed by atoms with Crippen LogP contribution >= 0.6 is 0 Å². The van der Waals surface area contributed by atoms with Crippen LogP contribution in [0.3, 0.4) is 0 Å². The fraction of sp³-hybridized carbons (Fsp3) is 0.667. The number of hydrogen-bond donors (Lipinski definition) is 1. The highest BCUT2D eigenvalue weighted by molar-refractivity contribution is 5.06. The van der Waals surface area contributed by atoms with Gasteiger partial charge in [0.25, 0.3) is 0 Å². The van der Waals surface area contributed by atoms with Gasteiger partial charge in [0, 0.05) is 6.20 Å². The molecule has 82 valence electrons. The Bertz CT molecular complexity index is 301. The van der Waals surface area contributed by atoms with Gasteiger partial charge in [0.15, 0.2) is 0 Å². The lowest BCUT2D eigenvalue weighted by atomic mass is 9.83. The minimum atomic E-state index is 0.0819. The van der Waals surface area contributed by atoms with E-state index in [1.54, 1.807) is 6.20 Å². The van der Waals surface area contributed by atoms with E-state index in [9.17, 15) is 0 Å². The highest BCUT2D eigenvalue weighted by Gasteiger charge is 2.22. The Morgan fingerprint density at radius 3 is 2.53 bits per heavy atom. The number of hydrogen-bond acceptors (Lipinski definition) is 3. The summed E-state index contributed by atoms with van der Waals surface area (Å²) in [4.78, 5) is 8.62. The maximum absolute atomic E-state index is 6.22. The predicted octanol–water partition coefficient (Wildman–Crippen LogP) is 2.37. The fourth-order valence-electron chi connectivity index (χ4n) is 2.31. The largest absolute Gasteiger partial charge is 0.322 e. The number of rotatable bonds is 2. The molecule has 3 nitrogen and oxygen atoms in total. The van der Waals surface area contributed by atoms with Crippen molar-refractivity contribution in [1.29, 1.82) is 0 Å². The summed E-state index contributed by atoms with van der Waals surface area (Å²) >= 11 is 0. The van der Waals surface area contributed by atoms with Gasteiger partial charge in [-0.05, 0) is 25.7 Å². The first-order valence-corrected chi connectivity index (χ1v) is 5.81. The molecule has 0 amide bonds. The van der Waals surface area contributed by atoms with Crippen LogP contribution in [0.25, 0.3) is 0 Å². The molecule has 1 aliphatic carbocycles. The SMILES string of the molecule is Cc1cnc(C(N)C2CCCCC2)cn1. The minimum absolute atomic E-state index is 0.0819. The van der Waals surface area contributed by atoms with Crippen LogP contribution in [0.4, 0.5) is 0 Å². The molecule has 1 heterocycles. The van der Waals surface area contributed by atoms with Gasteiger partial charge < -0.3 is 5.73 Å². The third-order valence-corrected chi connectivity index (χ3v) is 3.30. The first-order valence-electron chi connectivity index (χ1n) is 5.81. The zero-order valence-corrected chi connectivity index (χ0v) is 9.32. The molecule has 2 N–H and O–H groups in total. The summed E-state index contributed by atoms with van der Waals surface area (Å²) in [6.07, 6.45) is 10.1. The van der Waals surface area contributed by atoms with Gasteiger partial charge in [-0.3, -0.25) is 9.97 Å². The van der Waals surface area contributed by atoms with Crippen molar-refractivity contribution in [2.45, 2.75) is 45.1 Å².